The number of hydrogen-bond acceptors (Lipinski definition) is 21. The number of aryl methyl sites for hydroxylation is 2. The second kappa shape index (κ2) is 45.1. The average molecular weight is 1760 g/mol. The molecule has 3 amide bonds. The predicted octanol–water partition coefficient (Wildman–Crippen LogP) is 14.0. The number of halogens is 1. The van der Waals surface area contributed by atoms with Crippen LogP contribution in [-0.4, -0.2) is 160 Å². The summed E-state index contributed by atoms with van der Waals surface area (Å²) in [5.74, 6) is -4.29. The van der Waals surface area contributed by atoms with Gasteiger partial charge in [0, 0.05) is 105 Å². The summed E-state index contributed by atoms with van der Waals surface area (Å²) >= 11 is 6.09. The van der Waals surface area contributed by atoms with Crippen LogP contribution in [0.2, 0.25) is 0 Å². The van der Waals surface area contributed by atoms with Gasteiger partial charge in [-0.2, -0.15) is 0 Å². The molecule has 8 aromatic rings. The summed E-state index contributed by atoms with van der Waals surface area (Å²) in [6.45, 7) is 14.7. The number of pyridine rings is 2. The number of fused-ring (bicyclic) bond motifs is 2. The number of hydrogen-bond donors (Lipinski definition) is 5. The monoisotopic (exact) mass is 1760 g/mol. The van der Waals surface area contributed by atoms with Gasteiger partial charge < -0.3 is 55.2 Å². The Labute approximate surface area is 674 Å². The minimum absolute atomic E-state index is 0. The number of rotatable bonds is 29. The normalized spacial score (nSPS) is 12.0. The summed E-state index contributed by atoms with van der Waals surface area (Å²) in [4.78, 5) is 135. The van der Waals surface area contributed by atoms with Crippen molar-refractivity contribution in [1.82, 2.24) is 21.4 Å². The van der Waals surface area contributed by atoms with E-state index in [-0.39, 0.29) is 119 Å². The van der Waals surface area contributed by atoms with Gasteiger partial charge in [-0.3, -0.25) is 48.2 Å². The SMILES string of the molecule is COC(=O)C[C@H](CC(=O)[C@@H](Cl)CC(=O)OC)c1ccc(-c2ccc(O)c3ccccc23)cc1.COC(=O)C[C@H](CC(=O)[C@H](CC(=O)OC)NC(=O)CCCN(C(=O)OC(C)(C)C)c1cc(C)ccn1)c1ccc(-c2ccc(O)c3ccccc23)cc1.Cc1ccnc(N(CCCC(=O)O)C(=O)OC(C)(C)C)c1.N.[3H][B][3H].[U]. The Bertz CT molecular complexity index is 4470. The Kier molecular flexibility index (Phi) is 37.1. The molecule has 585 valence electrons. The van der Waals surface area contributed by atoms with Crippen molar-refractivity contribution in [3.8, 4) is 33.8 Å². The molecule has 110 heavy (non-hydrogen) atoms. The maximum atomic E-state index is 13.8. The minimum Gasteiger partial charge on any atom is -0.507 e. The Morgan fingerprint density at radius 1 is 0.509 bits per heavy atom. The third-order valence-electron chi connectivity index (χ3n) is 16.8. The first-order valence-electron chi connectivity index (χ1n) is 35.8. The van der Waals surface area contributed by atoms with E-state index in [1.807, 2.05) is 129 Å². The van der Waals surface area contributed by atoms with Crippen molar-refractivity contribution in [2.24, 2.45) is 0 Å². The van der Waals surface area contributed by atoms with E-state index in [4.69, 9.17) is 43.1 Å². The molecule has 6 aromatic carbocycles. The zero-order valence-corrected chi connectivity index (χ0v) is 69.1. The number of carbonyl (C=O) groups excluding carboxylic acids is 9. The maximum Gasteiger partial charge on any atom is 0.416 e. The fourth-order valence-corrected chi connectivity index (χ4v) is 11.6. The number of phenolic OH excluding ortho intramolecular Hbond substituents is 2. The molecule has 7 N–H and O–H groups in total. The van der Waals surface area contributed by atoms with E-state index < -0.39 is 94.6 Å². The second-order valence-electron chi connectivity index (χ2n) is 27.3. The van der Waals surface area contributed by atoms with Crippen LogP contribution in [0.15, 0.2) is 158 Å². The van der Waals surface area contributed by atoms with Crippen molar-refractivity contribution in [3.63, 3.8) is 0 Å². The van der Waals surface area contributed by atoms with Gasteiger partial charge in [-0.05, 0) is 163 Å². The number of anilines is 2. The van der Waals surface area contributed by atoms with Crippen LogP contribution in [0.4, 0.5) is 21.2 Å². The number of Topliss-reactive ketones (excluding diaryl/α,β-unsaturated/α-hetero) is 2. The Balaban J connectivity index is 0.000000468. The molecule has 0 spiro atoms. The third-order valence-corrected chi connectivity index (χ3v) is 17.1. The topological polar surface area (TPSA) is 366 Å². The van der Waals surface area contributed by atoms with Crippen molar-refractivity contribution in [2.75, 3.05) is 51.3 Å². The average Bonchev–Trinajstić information content (AvgIpc) is 0.793. The number of phenols is 2. The molecule has 0 aliphatic rings. The number of aromatic hydroxyl groups is 2. The quantitative estimate of drug-likeness (QED) is 0.0126. The number of carboxylic acid groups (broad SMARTS) is 1. The van der Waals surface area contributed by atoms with Crippen LogP contribution in [0.5, 0.6) is 11.5 Å². The van der Waals surface area contributed by atoms with Gasteiger partial charge in [0.1, 0.15) is 39.7 Å². The standard InChI is InChI=1S/C41H47N3O9.C26H25ClO6.C15H22N2O4.BH2.H3N.U/c1-26-19-20-42-36(22-26)44(40(50)53-41(2,3)4)21-9-12-37(47)43-33(25-39(49)52-6)35(46)23-29(24-38(48)51-5)27-13-15-28(16-14-27)30-17-18-34(45)32-11-8-7-10-31(30)32;1-32-25(30)14-18(13-24(29)22(27)15-26(31)33-2)16-7-9-17(10-8-16)19-11-12-23(28)21-6-4-3-5-20(19)21;1-11-7-8-16-12(10-11)17(9-5-6-13(18)19)14(20)21-15(2,3)4;;;/h7-8,10-11,13-20,22,29,33,45H,9,12,21,23-25H2,1-6H3,(H,43,47);3-12,18,22,28H,13-15H2,1-2H3;7-8,10H,5-6,9H2,1-4H3,(H,18,19);1H2;1H3;/t29-,33-;18-,22-;;;;/m00..../s1/i;;;1T2;;. The van der Waals surface area contributed by atoms with E-state index in [1.54, 1.807) is 84.3 Å². The number of alkyl halides is 1. The predicted molar refractivity (Wildman–Crippen MR) is 420 cm³/mol. The molecular weight excluding hydrogens is 1660 g/mol. The molecule has 0 aliphatic carbocycles. The number of carbonyl (C=O) groups is 10. The molecule has 25 nitrogen and oxygen atoms in total. The van der Waals surface area contributed by atoms with Gasteiger partial charge in [0.15, 0.2) is 11.6 Å². The van der Waals surface area contributed by atoms with E-state index in [1.165, 1.54) is 38.2 Å². The van der Waals surface area contributed by atoms with Gasteiger partial charge in [0.2, 0.25) is 5.91 Å². The molecule has 0 aliphatic heterocycles. The molecule has 0 saturated carbocycles. The van der Waals surface area contributed by atoms with Crippen LogP contribution < -0.4 is 21.3 Å². The molecule has 1 radical (unpaired) electrons. The van der Waals surface area contributed by atoms with E-state index in [9.17, 15) is 58.2 Å². The van der Waals surface area contributed by atoms with E-state index in [0.29, 0.717) is 37.3 Å². The fourth-order valence-electron chi connectivity index (χ4n) is 11.3. The van der Waals surface area contributed by atoms with Crippen LogP contribution in [0.3, 0.4) is 0 Å². The summed E-state index contributed by atoms with van der Waals surface area (Å²) in [5, 5.41) is 34.1. The number of nitrogens with zero attached hydrogens (tertiary/aromatic N) is 4. The zero-order valence-electron chi connectivity index (χ0n) is 66.1. The smallest absolute Gasteiger partial charge is 0.416 e. The molecule has 0 bridgehead atoms. The van der Waals surface area contributed by atoms with Crippen LogP contribution in [-0.2, 0) is 66.8 Å². The Morgan fingerprint density at radius 3 is 1.25 bits per heavy atom. The summed E-state index contributed by atoms with van der Waals surface area (Å²) in [6, 6.07) is 42.9. The first-order valence-corrected chi connectivity index (χ1v) is 35.1. The summed E-state index contributed by atoms with van der Waals surface area (Å²) < 4.78 is 41.5. The molecule has 2 aromatic heterocycles. The van der Waals surface area contributed by atoms with Gasteiger partial charge >= 0.3 is 42.0 Å². The van der Waals surface area contributed by atoms with Gasteiger partial charge in [-0.15, -0.1) is 11.6 Å². The van der Waals surface area contributed by atoms with Crippen molar-refractivity contribution in [3.05, 3.63) is 180 Å². The van der Waals surface area contributed by atoms with Gasteiger partial charge in [-0.25, -0.2) is 19.6 Å². The molecule has 8 rings (SSSR count). The van der Waals surface area contributed by atoms with Crippen LogP contribution >= 0.6 is 11.6 Å². The number of ketones is 2. The van der Waals surface area contributed by atoms with E-state index in [0.717, 1.165) is 55.1 Å². The largest absolute Gasteiger partial charge is 0.507 e. The van der Waals surface area contributed by atoms with Crippen LogP contribution in [0.1, 0.15) is 140 Å². The molecular formula is C82H99BClN6O19U. The van der Waals surface area contributed by atoms with Gasteiger partial charge in [-0.1, -0.05) is 109 Å². The molecule has 2 heterocycles. The van der Waals surface area contributed by atoms with Crippen molar-refractivity contribution in [1.29, 1.82) is 2.67 Å². The van der Waals surface area contributed by atoms with Gasteiger partial charge in [0.25, 0.3) is 0 Å². The third kappa shape index (κ3) is 29.7. The Hall–Kier alpha value is -10.2. The number of amides is 3. The van der Waals surface area contributed by atoms with Crippen molar-refractivity contribution < 1.29 is 123 Å². The molecule has 4 atom stereocenters. The number of carboxylic acids is 1. The number of methoxy groups -OCH3 is 4. The summed E-state index contributed by atoms with van der Waals surface area (Å²) in [7, 11) is 5.48. The van der Waals surface area contributed by atoms with Crippen LogP contribution in [0, 0.1) is 45.0 Å². The first kappa shape index (κ1) is 90.4. The number of aliphatic carboxylic acids is 1. The number of aromatic nitrogens is 2. The number of ether oxygens (including phenoxy) is 6. The zero-order chi connectivity index (χ0) is 81.4. The molecule has 0 unspecified atom stereocenters. The Morgan fingerprint density at radius 2 is 0.873 bits per heavy atom. The van der Waals surface area contributed by atoms with Crippen molar-refractivity contribution >= 4 is 113 Å². The first-order chi connectivity index (χ1) is 52.1. The van der Waals surface area contributed by atoms with E-state index >= 15 is 0 Å². The van der Waals surface area contributed by atoms with Crippen LogP contribution in [0.25, 0.3) is 43.8 Å². The fraction of sp³-hybridized carbons (Fsp3) is 0.366. The van der Waals surface area contributed by atoms with Crippen molar-refractivity contribution in [2.45, 2.75) is 154 Å². The summed E-state index contributed by atoms with van der Waals surface area (Å²) in [5.41, 5.74) is 5.59. The number of esters is 4. The summed E-state index contributed by atoms with van der Waals surface area (Å²) in [6.07, 6.45) is 1.58. The number of benzene rings is 6. The van der Waals surface area contributed by atoms with Gasteiger partial charge in [0.05, 0.1) is 68.5 Å². The maximum absolute atomic E-state index is 13.8. The molecule has 0 saturated heterocycles. The van der Waals surface area contributed by atoms with E-state index in [2.05, 4.69) is 20.0 Å². The molecule has 0 fully saturated rings. The minimum atomic E-state index is -1.22. The second-order valence-corrected chi connectivity index (χ2v) is 27.8. The molecule has 28 heteroatoms. The number of nitrogens with one attached hydrogen (secondary N) is 1.